The number of aryl methyl sites for hydroxylation is 2. The molecule has 1 aromatic carbocycles. The summed E-state index contributed by atoms with van der Waals surface area (Å²) < 4.78 is 2.07. The third-order valence-electron chi connectivity index (χ3n) is 2.63. The van der Waals surface area contributed by atoms with E-state index < -0.39 is 0 Å². The van der Waals surface area contributed by atoms with E-state index in [4.69, 9.17) is 0 Å². The number of benzene rings is 1. The molecule has 2 aromatic rings. The van der Waals surface area contributed by atoms with Gasteiger partial charge in [-0.1, -0.05) is 12.1 Å². The number of imidazole rings is 1. The van der Waals surface area contributed by atoms with Crippen LogP contribution in [0.3, 0.4) is 0 Å². The molecule has 1 aromatic heterocycles. The molecule has 17 heavy (non-hydrogen) atoms. The fourth-order valence-electron chi connectivity index (χ4n) is 1.71. The minimum absolute atomic E-state index is 0.147. The largest absolute Gasteiger partial charge is 0.269 e. The number of non-ortho nitro benzene ring substituents is 1. The molecule has 0 spiro atoms. The lowest BCUT2D eigenvalue weighted by Crippen LogP contribution is -2.30. The maximum Gasteiger partial charge on any atom is 0.269 e. The third-order valence-corrected chi connectivity index (χ3v) is 2.63. The standard InChI is InChI=1S/C12H13N3O2/c16-15(17)12-5-3-11(4-6-12)2-1-8-14-9-7-13-10-14/h3-7,9-10H,1-2,8H2/p+1. The number of nitro benzene ring substituents is 1. The Morgan fingerprint density at radius 1 is 1.29 bits per heavy atom. The number of aromatic amines is 1. The van der Waals surface area contributed by atoms with Gasteiger partial charge in [-0.15, -0.1) is 0 Å². The van der Waals surface area contributed by atoms with E-state index in [2.05, 4.69) is 9.55 Å². The molecule has 0 amide bonds. The highest BCUT2D eigenvalue weighted by Crippen LogP contribution is 2.12. The first kappa shape index (κ1) is 11.3. The number of hydrogen-bond donors (Lipinski definition) is 1. The van der Waals surface area contributed by atoms with Gasteiger partial charge in [0, 0.05) is 12.1 Å². The zero-order valence-corrected chi connectivity index (χ0v) is 9.37. The lowest BCUT2D eigenvalue weighted by atomic mass is 10.1. The second-order valence-electron chi connectivity index (χ2n) is 3.88. The summed E-state index contributed by atoms with van der Waals surface area (Å²) in [7, 11) is 0. The van der Waals surface area contributed by atoms with Gasteiger partial charge < -0.3 is 0 Å². The van der Waals surface area contributed by atoms with E-state index in [1.54, 1.807) is 12.1 Å². The lowest BCUT2D eigenvalue weighted by Gasteiger charge is -1.99. The zero-order valence-electron chi connectivity index (χ0n) is 9.37. The molecule has 0 radical (unpaired) electrons. The maximum absolute atomic E-state index is 10.5. The van der Waals surface area contributed by atoms with Crippen molar-refractivity contribution in [2.45, 2.75) is 19.4 Å². The van der Waals surface area contributed by atoms with E-state index in [1.165, 1.54) is 0 Å². The van der Waals surface area contributed by atoms with Crippen LogP contribution >= 0.6 is 0 Å². The quantitative estimate of drug-likeness (QED) is 0.485. The van der Waals surface area contributed by atoms with E-state index in [-0.39, 0.29) is 10.6 Å². The monoisotopic (exact) mass is 232 g/mol. The molecule has 1 N–H and O–H groups in total. The van der Waals surface area contributed by atoms with E-state index in [0.717, 1.165) is 24.9 Å². The Morgan fingerprint density at radius 2 is 2.06 bits per heavy atom. The average molecular weight is 232 g/mol. The Balaban J connectivity index is 1.85. The molecule has 0 fully saturated rings. The van der Waals surface area contributed by atoms with Gasteiger partial charge in [0.2, 0.25) is 6.33 Å². The van der Waals surface area contributed by atoms with Crippen LogP contribution in [0.4, 0.5) is 5.69 Å². The number of nitrogens with one attached hydrogen (secondary N) is 1. The van der Waals surface area contributed by atoms with Crippen LogP contribution in [-0.4, -0.2) is 9.91 Å². The van der Waals surface area contributed by atoms with Gasteiger partial charge in [0.25, 0.3) is 5.69 Å². The molecule has 88 valence electrons. The summed E-state index contributed by atoms with van der Waals surface area (Å²) in [5, 5.41) is 10.5. The molecule has 0 aliphatic rings. The van der Waals surface area contributed by atoms with Crippen molar-refractivity contribution in [1.29, 1.82) is 0 Å². The van der Waals surface area contributed by atoms with Crippen molar-refractivity contribution in [2.24, 2.45) is 0 Å². The SMILES string of the molecule is O=[N+]([O-])c1ccc(CCC[n+]2cc[nH]c2)cc1. The highest BCUT2D eigenvalue weighted by Gasteiger charge is 2.04. The Kier molecular flexibility index (Phi) is 3.49. The first-order valence-corrected chi connectivity index (χ1v) is 5.51. The summed E-state index contributed by atoms with van der Waals surface area (Å²) >= 11 is 0. The molecular weight excluding hydrogens is 218 g/mol. The van der Waals surface area contributed by atoms with Crippen molar-refractivity contribution in [2.75, 3.05) is 0 Å². The molecule has 0 bridgehead atoms. The van der Waals surface area contributed by atoms with E-state index in [0.29, 0.717) is 0 Å². The fraction of sp³-hybridized carbons (Fsp3) is 0.250. The normalized spacial score (nSPS) is 10.4. The molecule has 5 nitrogen and oxygen atoms in total. The van der Waals surface area contributed by atoms with Gasteiger partial charge >= 0.3 is 0 Å². The van der Waals surface area contributed by atoms with Gasteiger partial charge in [0.1, 0.15) is 12.4 Å². The van der Waals surface area contributed by atoms with Crippen molar-refractivity contribution in [3.05, 3.63) is 58.7 Å². The highest BCUT2D eigenvalue weighted by atomic mass is 16.6. The second-order valence-corrected chi connectivity index (χ2v) is 3.88. The average Bonchev–Trinajstić information content (AvgIpc) is 2.83. The van der Waals surface area contributed by atoms with E-state index >= 15 is 0 Å². The second kappa shape index (κ2) is 5.25. The van der Waals surface area contributed by atoms with Crippen LogP contribution in [0.25, 0.3) is 0 Å². The number of aromatic nitrogens is 2. The minimum Gasteiger partial charge on any atom is -0.258 e. The summed E-state index contributed by atoms with van der Waals surface area (Å²) in [5.41, 5.74) is 1.28. The Morgan fingerprint density at radius 3 is 2.65 bits per heavy atom. The van der Waals surface area contributed by atoms with Crippen molar-refractivity contribution in [3.8, 4) is 0 Å². The van der Waals surface area contributed by atoms with Crippen LogP contribution in [0.2, 0.25) is 0 Å². The molecule has 0 unspecified atom stereocenters. The number of rotatable bonds is 5. The molecule has 0 aliphatic carbocycles. The summed E-state index contributed by atoms with van der Waals surface area (Å²) in [6, 6.07) is 6.75. The van der Waals surface area contributed by atoms with Crippen LogP contribution in [0.15, 0.2) is 43.0 Å². The van der Waals surface area contributed by atoms with Gasteiger partial charge in [-0.3, -0.25) is 15.1 Å². The van der Waals surface area contributed by atoms with Crippen LogP contribution in [0.1, 0.15) is 12.0 Å². The number of nitro groups is 1. The Labute approximate surface area is 98.9 Å². The first-order chi connectivity index (χ1) is 8.25. The molecule has 0 aliphatic heterocycles. The topological polar surface area (TPSA) is 62.8 Å². The molecule has 0 saturated heterocycles. The third kappa shape index (κ3) is 3.14. The van der Waals surface area contributed by atoms with Crippen molar-refractivity contribution >= 4 is 5.69 Å². The predicted octanol–water partition coefficient (Wildman–Crippen LogP) is 1.84. The zero-order chi connectivity index (χ0) is 12.1. The summed E-state index contributed by atoms with van der Waals surface area (Å²) in [4.78, 5) is 13.1. The van der Waals surface area contributed by atoms with Gasteiger partial charge in [-0.05, 0) is 18.4 Å². The molecular formula is C12H14N3O2+. The minimum atomic E-state index is -0.376. The Bertz CT molecular complexity index is 477. The fourth-order valence-corrected chi connectivity index (χ4v) is 1.71. The van der Waals surface area contributed by atoms with Crippen molar-refractivity contribution in [3.63, 3.8) is 0 Å². The molecule has 1 heterocycles. The Hall–Kier alpha value is -2.17. The molecule has 2 rings (SSSR count). The van der Waals surface area contributed by atoms with Gasteiger partial charge in [-0.25, -0.2) is 4.57 Å². The summed E-state index contributed by atoms with van der Waals surface area (Å²) in [6.07, 6.45) is 7.72. The molecule has 0 saturated carbocycles. The van der Waals surface area contributed by atoms with Gasteiger partial charge in [0.05, 0.1) is 11.5 Å². The molecule has 5 heteroatoms. The highest BCUT2D eigenvalue weighted by molar-refractivity contribution is 5.32. The number of H-pyrrole nitrogens is 1. The van der Waals surface area contributed by atoms with Crippen LogP contribution in [0.5, 0.6) is 0 Å². The summed E-state index contributed by atoms with van der Waals surface area (Å²) in [6.45, 7) is 0.945. The number of nitrogens with zero attached hydrogens (tertiary/aromatic N) is 2. The number of hydrogen-bond acceptors (Lipinski definition) is 2. The smallest absolute Gasteiger partial charge is 0.258 e. The van der Waals surface area contributed by atoms with Crippen LogP contribution in [-0.2, 0) is 13.0 Å². The van der Waals surface area contributed by atoms with E-state index in [1.807, 2.05) is 30.9 Å². The maximum atomic E-state index is 10.5. The summed E-state index contributed by atoms with van der Waals surface area (Å²) in [5.74, 6) is 0. The lowest BCUT2D eigenvalue weighted by molar-refractivity contribution is -0.696. The van der Waals surface area contributed by atoms with Crippen LogP contribution in [0, 0.1) is 10.1 Å². The van der Waals surface area contributed by atoms with Gasteiger partial charge in [-0.2, -0.15) is 0 Å². The molecule has 0 atom stereocenters. The van der Waals surface area contributed by atoms with Crippen LogP contribution < -0.4 is 4.57 Å². The van der Waals surface area contributed by atoms with Gasteiger partial charge in [0.15, 0.2) is 0 Å². The van der Waals surface area contributed by atoms with E-state index in [9.17, 15) is 10.1 Å². The van der Waals surface area contributed by atoms with Crippen molar-refractivity contribution in [1.82, 2.24) is 4.98 Å². The predicted molar refractivity (Wildman–Crippen MR) is 62.4 cm³/mol. The van der Waals surface area contributed by atoms with Crippen molar-refractivity contribution < 1.29 is 9.49 Å². The first-order valence-electron chi connectivity index (χ1n) is 5.51.